The number of amides is 1. The molecule has 0 radical (unpaired) electrons. The molecular weight excluding hydrogens is 479 g/mol. The first-order chi connectivity index (χ1) is 16.5. The lowest BCUT2D eigenvalue weighted by atomic mass is 9.95. The molecule has 35 heavy (non-hydrogen) atoms. The largest absolute Gasteiger partial charge is 0.417 e. The van der Waals surface area contributed by atoms with Gasteiger partial charge in [-0.25, -0.2) is 13.4 Å². The summed E-state index contributed by atoms with van der Waals surface area (Å²) >= 11 is 0. The quantitative estimate of drug-likeness (QED) is 0.489. The number of halogens is 3. The van der Waals surface area contributed by atoms with Crippen LogP contribution in [0.25, 0.3) is 11.1 Å². The maximum Gasteiger partial charge on any atom is 0.417 e. The number of anilines is 1. The molecule has 1 aromatic heterocycles. The molecule has 1 heterocycles. The molecule has 3 aromatic rings. The van der Waals surface area contributed by atoms with Crippen molar-refractivity contribution in [2.24, 2.45) is 5.73 Å². The van der Waals surface area contributed by atoms with Gasteiger partial charge in [0.1, 0.15) is 5.82 Å². The highest BCUT2D eigenvalue weighted by molar-refractivity contribution is 7.92. The van der Waals surface area contributed by atoms with Crippen molar-refractivity contribution in [3.63, 3.8) is 0 Å². The number of primary amides is 1. The lowest BCUT2D eigenvalue weighted by Crippen LogP contribution is -2.33. The number of pyridine rings is 1. The molecule has 0 bridgehead atoms. The second-order valence-electron chi connectivity index (χ2n) is 8.56. The number of nitrogens with one attached hydrogen (secondary N) is 1. The second-order valence-corrected chi connectivity index (χ2v) is 10.8. The fourth-order valence-electron chi connectivity index (χ4n) is 4.26. The number of carbonyl (C=O) groups excluding carboxylic acids is 1. The van der Waals surface area contributed by atoms with E-state index in [-0.39, 0.29) is 10.9 Å². The van der Waals surface area contributed by atoms with E-state index >= 15 is 0 Å². The Kier molecular flexibility index (Phi) is 6.84. The van der Waals surface area contributed by atoms with E-state index in [1.807, 2.05) is 6.07 Å². The van der Waals surface area contributed by atoms with E-state index in [0.29, 0.717) is 37.1 Å². The standard InChI is InChI=1S/C25H24F3N3O3S/c26-25(27,28)19-6-13-23(30-15-19)31-20-7-11-22(12-8-20)35(33,34)21-9-4-16(5-10-21)17-2-1-3-18(14-17)24(29)32/h1-6,9-10,13-15,20,22H,7-8,11-12H2,(H2,29,32)(H,30,31). The van der Waals surface area contributed by atoms with Crippen LogP contribution < -0.4 is 11.1 Å². The Morgan fingerprint density at radius 3 is 2.20 bits per heavy atom. The van der Waals surface area contributed by atoms with Crippen LogP contribution in [0.3, 0.4) is 0 Å². The van der Waals surface area contributed by atoms with Crippen LogP contribution in [0, 0.1) is 0 Å². The van der Waals surface area contributed by atoms with Gasteiger partial charge in [-0.15, -0.1) is 0 Å². The van der Waals surface area contributed by atoms with Crippen LogP contribution in [-0.2, 0) is 16.0 Å². The van der Waals surface area contributed by atoms with Gasteiger partial charge in [0.2, 0.25) is 5.91 Å². The number of aromatic nitrogens is 1. The van der Waals surface area contributed by atoms with Gasteiger partial charge < -0.3 is 11.1 Å². The minimum atomic E-state index is -4.44. The molecule has 6 nitrogen and oxygen atoms in total. The predicted octanol–water partition coefficient (Wildman–Crippen LogP) is 5.06. The Morgan fingerprint density at radius 2 is 1.63 bits per heavy atom. The Bertz CT molecular complexity index is 1300. The third-order valence-corrected chi connectivity index (χ3v) is 8.50. The maximum atomic E-state index is 13.2. The molecule has 184 valence electrons. The molecule has 0 spiro atoms. The topological polar surface area (TPSA) is 102 Å². The van der Waals surface area contributed by atoms with Gasteiger partial charge in [-0.1, -0.05) is 24.3 Å². The van der Waals surface area contributed by atoms with E-state index in [1.54, 1.807) is 42.5 Å². The van der Waals surface area contributed by atoms with Crippen molar-refractivity contribution >= 4 is 21.6 Å². The molecule has 0 saturated heterocycles. The zero-order valence-corrected chi connectivity index (χ0v) is 19.4. The lowest BCUT2D eigenvalue weighted by molar-refractivity contribution is -0.137. The summed E-state index contributed by atoms with van der Waals surface area (Å²) in [5.74, 6) is -0.203. The average molecular weight is 504 g/mol. The van der Waals surface area contributed by atoms with Crippen LogP contribution in [0.4, 0.5) is 19.0 Å². The number of carbonyl (C=O) groups is 1. The Balaban J connectivity index is 1.39. The molecule has 10 heteroatoms. The van der Waals surface area contributed by atoms with Gasteiger partial charge in [0.05, 0.1) is 15.7 Å². The number of nitrogens with zero attached hydrogens (tertiary/aromatic N) is 1. The molecule has 1 saturated carbocycles. The van der Waals surface area contributed by atoms with Crippen LogP contribution in [0.2, 0.25) is 0 Å². The summed E-state index contributed by atoms with van der Waals surface area (Å²) in [6, 6.07) is 15.5. The monoisotopic (exact) mass is 503 g/mol. The predicted molar refractivity (Wildman–Crippen MR) is 126 cm³/mol. The van der Waals surface area contributed by atoms with Crippen LogP contribution in [0.15, 0.2) is 71.8 Å². The van der Waals surface area contributed by atoms with Gasteiger partial charge >= 0.3 is 6.18 Å². The zero-order valence-electron chi connectivity index (χ0n) is 18.6. The van der Waals surface area contributed by atoms with Crippen molar-refractivity contribution in [3.05, 3.63) is 78.0 Å². The van der Waals surface area contributed by atoms with Crippen LogP contribution in [0.5, 0.6) is 0 Å². The highest BCUT2D eigenvalue weighted by Crippen LogP contribution is 2.32. The highest BCUT2D eigenvalue weighted by atomic mass is 32.2. The smallest absolute Gasteiger partial charge is 0.367 e. The van der Waals surface area contributed by atoms with E-state index in [2.05, 4.69) is 10.3 Å². The summed E-state index contributed by atoms with van der Waals surface area (Å²) in [4.78, 5) is 15.5. The maximum absolute atomic E-state index is 13.2. The van der Waals surface area contributed by atoms with Crippen molar-refractivity contribution in [1.29, 1.82) is 0 Å². The van der Waals surface area contributed by atoms with Crippen LogP contribution in [-0.4, -0.2) is 30.6 Å². The summed E-state index contributed by atoms with van der Waals surface area (Å²) in [5, 5.41) is 2.57. The number of benzene rings is 2. The van der Waals surface area contributed by atoms with Crippen molar-refractivity contribution in [3.8, 4) is 11.1 Å². The van der Waals surface area contributed by atoms with Crippen molar-refractivity contribution in [2.45, 2.75) is 48.0 Å². The Labute approximate surface area is 201 Å². The van der Waals surface area contributed by atoms with E-state index in [4.69, 9.17) is 5.73 Å². The number of hydrogen-bond acceptors (Lipinski definition) is 5. The normalized spacial score (nSPS) is 18.7. The third-order valence-electron chi connectivity index (χ3n) is 6.22. The van der Waals surface area contributed by atoms with E-state index in [0.717, 1.165) is 23.4 Å². The molecular formula is C25H24F3N3O3S. The molecule has 2 aromatic carbocycles. The molecule has 0 unspecified atom stereocenters. The Hall–Kier alpha value is -3.40. The Morgan fingerprint density at radius 1 is 0.943 bits per heavy atom. The zero-order chi connectivity index (χ0) is 25.2. The molecule has 0 atom stereocenters. The second kappa shape index (κ2) is 9.69. The van der Waals surface area contributed by atoms with Crippen molar-refractivity contribution < 1.29 is 26.4 Å². The number of alkyl halides is 3. The SMILES string of the molecule is NC(=O)c1cccc(-c2ccc(S(=O)(=O)C3CCC(Nc4ccc(C(F)(F)F)cn4)CC3)cc2)c1. The first kappa shape index (κ1) is 24.7. The minimum absolute atomic E-state index is 0.0643. The van der Waals surface area contributed by atoms with Gasteiger partial charge in [0.15, 0.2) is 9.84 Å². The summed E-state index contributed by atoms with van der Waals surface area (Å²) in [5.41, 5.74) is 6.41. The molecule has 0 aliphatic heterocycles. The van der Waals surface area contributed by atoms with E-state index < -0.39 is 32.7 Å². The third kappa shape index (κ3) is 5.64. The van der Waals surface area contributed by atoms with Crippen LogP contribution >= 0.6 is 0 Å². The number of nitrogens with two attached hydrogens (primary N) is 1. The minimum Gasteiger partial charge on any atom is -0.367 e. The van der Waals surface area contributed by atoms with Gasteiger partial charge in [-0.05, 0) is 73.2 Å². The number of sulfone groups is 1. The van der Waals surface area contributed by atoms with Gasteiger partial charge in [0, 0.05) is 17.8 Å². The van der Waals surface area contributed by atoms with Crippen LogP contribution in [0.1, 0.15) is 41.6 Å². The van der Waals surface area contributed by atoms with E-state index in [1.165, 1.54) is 6.07 Å². The molecule has 1 amide bonds. The fourth-order valence-corrected chi connectivity index (χ4v) is 6.05. The van der Waals surface area contributed by atoms with Gasteiger partial charge in [0.25, 0.3) is 0 Å². The van der Waals surface area contributed by atoms with E-state index in [9.17, 15) is 26.4 Å². The summed E-state index contributed by atoms with van der Waals surface area (Å²) in [7, 11) is -3.54. The fraction of sp³-hybridized carbons (Fsp3) is 0.280. The lowest BCUT2D eigenvalue weighted by Gasteiger charge is -2.29. The highest BCUT2D eigenvalue weighted by Gasteiger charge is 2.33. The van der Waals surface area contributed by atoms with Crippen molar-refractivity contribution in [2.75, 3.05) is 5.32 Å². The summed E-state index contributed by atoms with van der Waals surface area (Å²) < 4.78 is 64.4. The molecule has 1 aliphatic carbocycles. The molecule has 1 fully saturated rings. The number of hydrogen-bond donors (Lipinski definition) is 2. The van der Waals surface area contributed by atoms with Crippen molar-refractivity contribution in [1.82, 2.24) is 4.98 Å². The average Bonchev–Trinajstić information content (AvgIpc) is 2.84. The number of rotatable bonds is 6. The summed E-state index contributed by atoms with van der Waals surface area (Å²) in [6.07, 6.45) is -1.67. The van der Waals surface area contributed by atoms with Gasteiger partial charge in [-0.3, -0.25) is 4.79 Å². The first-order valence-electron chi connectivity index (χ1n) is 11.1. The first-order valence-corrected chi connectivity index (χ1v) is 12.6. The molecule has 4 rings (SSSR count). The molecule has 1 aliphatic rings. The van der Waals surface area contributed by atoms with Gasteiger partial charge in [-0.2, -0.15) is 13.2 Å². The summed E-state index contributed by atoms with van der Waals surface area (Å²) in [6.45, 7) is 0. The molecule has 3 N–H and O–H groups in total.